The van der Waals surface area contributed by atoms with Gasteiger partial charge in [-0.15, -0.1) is 0 Å². The zero-order chi connectivity index (χ0) is 14.1. The summed E-state index contributed by atoms with van der Waals surface area (Å²) in [5, 5.41) is 8.29. The average Bonchev–Trinajstić information content (AvgIpc) is 3.06. The molecule has 0 saturated carbocycles. The maximum absolute atomic E-state index is 5.24. The molecule has 0 bridgehead atoms. The van der Waals surface area contributed by atoms with Crippen LogP contribution >= 0.6 is 23.6 Å². The maximum Gasteiger partial charge on any atom is 0.195 e. The first-order valence-corrected chi connectivity index (χ1v) is 8.28. The van der Waals surface area contributed by atoms with Crippen LogP contribution in [-0.2, 0) is 6.54 Å². The standard InChI is InChI=1S/C13H19N5S2/c1-3-18-11(15-16-12(18)19)10-8-14-13(20-10)17-6-4-9(2)5-7-17/h8-9H,3-7H2,1-2H3,(H,16,19). The van der Waals surface area contributed by atoms with Crippen molar-refractivity contribution in [1.29, 1.82) is 0 Å². The fourth-order valence-corrected chi connectivity index (χ4v) is 3.74. The molecule has 1 aliphatic rings. The van der Waals surface area contributed by atoms with E-state index >= 15 is 0 Å². The maximum atomic E-state index is 5.24. The van der Waals surface area contributed by atoms with E-state index in [0.29, 0.717) is 4.77 Å². The summed E-state index contributed by atoms with van der Waals surface area (Å²) >= 11 is 6.94. The van der Waals surface area contributed by atoms with E-state index in [2.05, 4.69) is 33.9 Å². The topological polar surface area (TPSA) is 49.7 Å². The van der Waals surface area contributed by atoms with E-state index in [-0.39, 0.29) is 0 Å². The van der Waals surface area contributed by atoms with Gasteiger partial charge in [0.05, 0.1) is 11.1 Å². The third-order valence-corrected chi connectivity index (χ3v) is 5.21. The second-order valence-corrected chi connectivity index (χ2v) is 6.67. The fraction of sp³-hybridized carbons (Fsp3) is 0.615. The second-order valence-electron chi connectivity index (χ2n) is 5.27. The molecular weight excluding hydrogens is 290 g/mol. The number of nitrogens with zero attached hydrogens (tertiary/aromatic N) is 4. The number of piperidine rings is 1. The van der Waals surface area contributed by atoms with Crippen LogP contribution < -0.4 is 4.90 Å². The molecule has 1 aliphatic heterocycles. The Labute approximate surface area is 127 Å². The molecule has 0 radical (unpaired) electrons. The summed E-state index contributed by atoms with van der Waals surface area (Å²) in [6.07, 6.45) is 4.42. The van der Waals surface area contributed by atoms with Gasteiger partial charge in [0.15, 0.2) is 15.7 Å². The van der Waals surface area contributed by atoms with Crippen molar-refractivity contribution < 1.29 is 0 Å². The van der Waals surface area contributed by atoms with Crippen LogP contribution in [0.3, 0.4) is 0 Å². The molecule has 20 heavy (non-hydrogen) atoms. The number of thiazole rings is 1. The molecule has 1 saturated heterocycles. The van der Waals surface area contributed by atoms with E-state index in [9.17, 15) is 0 Å². The third-order valence-electron chi connectivity index (χ3n) is 3.84. The van der Waals surface area contributed by atoms with Crippen molar-refractivity contribution in [1.82, 2.24) is 19.7 Å². The van der Waals surface area contributed by atoms with Crippen molar-refractivity contribution in [2.75, 3.05) is 18.0 Å². The Hall–Kier alpha value is -1.21. The number of H-pyrrole nitrogens is 1. The lowest BCUT2D eigenvalue weighted by atomic mass is 10.00. The number of hydrogen-bond donors (Lipinski definition) is 1. The van der Waals surface area contributed by atoms with Gasteiger partial charge in [0.1, 0.15) is 0 Å². The summed E-state index contributed by atoms with van der Waals surface area (Å²) in [6, 6.07) is 0. The number of hydrogen-bond acceptors (Lipinski definition) is 5. The Bertz CT molecular complexity index is 633. The van der Waals surface area contributed by atoms with E-state index < -0.39 is 0 Å². The molecule has 0 amide bonds. The minimum absolute atomic E-state index is 0.671. The first-order chi connectivity index (χ1) is 9.69. The van der Waals surface area contributed by atoms with Gasteiger partial charge in [-0.2, -0.15) is 5.10 Å². The van der Waals surface area contributed by atoms with Crippen LogP contribution in [0.5, 0.6) is 0 Å². The second kappa shape index (κ2) is 5.65. The molecule has 0 aromatic carbocycles. The van der Waals surface area contributed by atoms with E-state index in [1.165, 1.54) is 12.8 Å². The van der Waals surface area contributed by atoms with Crippen molar-refractivity contribution in [3.63, 3.8) is 0 Å². The number of rotatable bonds is 3. The van der Waals surface area contributed by atoms with Crippen LogP contribution in [0.4, 0.5) is 5.13 Å². The Balaban J connectivity index is 1.85. The van der Waals surface area contributed by atoms with Crippen LogP contribution in [0.2, 0.25) is 0 Å². The van der Waals surface area contributed by atoms with E-state index in [4.69, 9.17) is 12.2 Å². The zero-order valence-electron chi connectivity index (χ0n) is 11.8. The molecule has 2 aromatic heterocycles. The van der Waals surface area contributed by atoms with Gasteiger partial charge in [0.2, 0.25) is 0 Å². The smallest absolute Gasteiger partial charge is 0.195 e. The minimum atomic E-state index is 0.671. The molecule has 0 unspecified atom stereocenters. The van der Waals surface area contributed by atoms with Gasteiger partial charge in [-0.1, -0.05) is 18.3 Å². The fourth-order valence-electron chi connectivity index (χ4n) is 2.51. The van der Waals surface area contributed by atoms with Gasteiger partial charge in [0.25, 0.3) is 0 Å². The van der Waals surface area contributed by atoms with Crippen LogP contribution in [0, 0.1) is 10.7 Å². The SMILES string of the molecule is CCn1c(-c2cnc(N3CCC(C)CC3)s2)n[nH]c1=S. The highest BCUT2D eigenvalue weighted by Crippen LogP contribution is 2.32. The van der Waals surface area contributed by atoms with Gasteiger partial charge in [-0.05, 0) is 37.9 Å². The minimum Gasteiger partial charge on any atom is -0.348 e. The van der Waals surface area contributed by atoms with Gasteiger partial charge < -0.3 is 4.90 Å². The highest BCUT2D eigenvalue weighted by atomic mass is 32.1. The summed E-state index contributed by atoms with van der Waals surface area (Å²) in [4.78, 5) is 8.03. The summed E-state index contributed by atoms with van der Waals surface area (Å²) < 4.78 is 2.68. The predicted octanol–water partition coefficient (Wildman–Crippen LogP) is 3.32. The van der Waals surface area contributed by atoms with Gasteiger partial charge in [-0.3, -0.25) is 9.67 Å². The molecule has 3 heterocycles. The van der Waals surface area contributed by atoms with Crippen molar-refractivity contribution in [2.24, 2.45) is 5.92 Å². The average molecular weight is 309 g/mol. The van der Waals surface area contributed by atoms with Crippen LogP contribution in [0.1, 0.15) is 26.7 Å². The third kappa shape index (κ3) is 2.52. The van der Waals surface area contributed by atoms with Crippen LogP contribution in [-0.4, -0.2) is 32.8 Å². The molecule has 0 aliphatic carbocycles. The molecule has 1 N–H and O–H groups in total. The van der Waals surface area contributed by atoms with Crippen molar-refractivity contribution in [3.05, 3.63) is 11.0 Å². The first kappa shape index (κ1) is 13.8. The summed E-state index contributed by atoms with van der Waals surface area (Å²) in [7, 11) is 0. The quantitative estimate of drug-likeness (QED) is 0.884. The lowest BCUT2D eigenvalue weighted by Gasteiger charge is -2.29. The number of nitrogens with one attached hydrogen (secondary N) is 1. The summed E-state index contributed by atoms with van der Waals surface area (Å²) in [6.45, 7) is 7.43. The molecule has 0 atom stereocenters. The normalized spacial score (nSPS) is 16.8. The Morgan fingerprint density at radius 1 is 1.45 bits per heavy atom. The van der Waals surface area contributed by atoms with Crippen LogP contribution in [0.25, 0.3) is 10.7 Å². The molecule has 5 nitrogen and oxygen atoms in total. The lowest BCUT2D eigenvalue weighted by Crippen LogP contribution is -2.32. The molecule has 7 heteroatoms. The Morgan fingerprint density at radius 3 is 2.90 bits per heavy atom. The van der Waals surface area contributed by atoms with Gasteiger partial charge in [0, 0.05) is 19.6 Å². The zero-order valence-corrected chi connectivity index (χ0v) is 13.4. The van der Waals surface area contributed by atoms with E-state index in [1.54, 1.807) is 11.3 Å². The molecule has 0 spiro atoms. The first-order valence-electron chi connectivity index (χ1n) is 7.05. The van der Waals surface area contributed by atoms with Crippen molar-refractivity contribution >= 4 is 28.7 Å². The molecule has 3 rings (SSSR count). The summed E-state index contributed by atoms with van der Waals surface area (Å²) in [5.41, 5.74) is 0. The molecule has 108 valence electrons. The van der Waals surface area contributed by atoms with Crippen LogP contribution in [0.15, 0.2) is 6.20 Å². The predicted molar refractivity (Wildman–Crippen MR) is 84.8 cm³/mol. The Morgan fingerprint density at radius 2 is 2.20 bits per heavy atom. The van der Waals surface area contributed by atoms with Crippen molar-refractivity contribution in [3.8, 4) is 10.7 Å². The highest BCUT2D eigenvalue weighted by Gasteiger charge is 2.20. The monoisotopic (exact) mass is 309 g/mol. The number of aromatic amines is 1. The number of aromatic nitrogens is 4. The largest absolute Gasteiger partial charge is 0.348 e. The van der Waals surface area contributed by atoms with E-state index in [0.717, 1.165) is 41.4 Å². The molecular formula is C13H19N5S2. The Kier molecular flexibility index (Phi) is 3.89. The van der Waals surface area contributed by atoms with Gasteiger partial charge in [-0.25, -0.2) is 4.98 Å². The van der Waals surface area contributed by atoms with Crippen molar-refractivity contribution in [2.45, 2.75) is 33.2 Å². The highest BCUT2D eigenvalue weighted by molar-refractivity contribution is 7.71. The number of anilines is 1. The van der Waals surface area contributed by atoms with E-state index in [1.807, 2.05) is 10.8 Å². The molecule has 2 aromatic rings. The lowest BCUT2D eigenvalue weighted by molar-refractivity contribution is 0.438. The summed E-state index contributed by atoms with van der Waals surface area (Å²) in [5.74, 6) is 1.73. The molecule has 1 fully saturated rings. The van der Waals surface area contributed by atoms with Gasteiger partial charge >= 0.3 is 0 Å².